The predicted octanol–water partition coefficient (Wildman–Crippen LogP) is 4.29. The summed E-state index contributed by atoms with van der Waals surface area (Å²) in [7, 11) is -3.86. The van der Waals surface area contributed by atoms with Gasteiger partial charge in [0.25, 0.3) is 5.91 Å². The summed E-state index contributed by atoms with van der Waals surface area (Å²) in [6, 6.07) is 20.2. The van der Waals surface area contributed by atoms with E-state index in [0.29, 0.717) is 28.1 Å². The molecule has 10 nitrogen and oxygen atoms in total. The highest BCUT2D eigenvalue weighted by Gasteiger charge is 2.25. The minimum Gasteiger partial charge on any atom is -0.449 e. The third-order valence-electron chi connectivity index (χ3n) is 5.91. The summed E-state index contributed by atoms with van der Waals surface area (Å²) in [6.45, 7) is 3.23. The van der Waals surface area contributed by atoms with E-state index in [0.717, 1.165) is 10.6 Å². The number of rotatable bonds is 7. The van der Waals surface area contributed by atoms with Crippen LogP contribution < -0.4 is 10.5 Å². The van der Waals surface area contributed by atoms with Crippen LogP contribution in [0.15, 0.2) is 83.1 Å². The summed E-state index contributed by atoms with van der Waals surface area (Å²) in [5.41, 5.74) is 2.99. The Morgan fingerprint density at radius 3 is 2.41 bits per heavy atom. The lowest BCUT2D eigenvalue weighted by Crippen LogP contribution is -2.30. The number of pyridine rings is 1. The standard InChI is InChI=1S/C27H23N5O5S2/c1-16-24-21(27(34)37-17(2)26(33)29-18-10-12-20(13-11-18)39(28,35)36)15-22(23-9-6-14-38-23)30-25(24)32(31-16)19-7-4-3-5-8-19/h3-15,17H,1-2H3,(H,29,33)(H2,28,35,36)/t17-/m0/s1. The Hall–Kier alpha value is -4.39. The van der Waals surface area contributed by atoms with Crippen molar-refractivity contribution in [3.05, 3.63) is 89.4 Å². The molecule has 3 N–H and O–H groups in total. The summed E-state index contributed by atoms with van der Waals surface area (Å²) in [6.07, 6.45) is -1.16. The first-order chi connectivity index (χ1) is 18.6. The zero-order valence-corrected chi connectivity index (χ0v) is 22.5. The number of esters is 1. The number of anilines is 1. The Morgan fingerprint density at radius 1 is 1.05 bits per heavy atom. The molecule has 0 fully saturated rings. The molecule has 0 aliphatic carbocycles. The lowest BCUT2D eigenvalue weighted by molar-refractivity contribution is -0.123. The van der Waals surface area contributed by atoms with Gasteiger partial charge in [-0.05, 0) is 67.8 Å². The average Bonchev–Trinajstić information content (AvgIpc) is 3.57. The van der Waals surface area contributed by atoms with Crippen molar-refractivity contribution in [2.45, 2.75) is 24.8 Å². The SMILES string of the molecule is Cc1nn(-c2ccccc2)c2nc(-c3cccs3)cc(C(=O)O[C@@H](C)C(=O)Nc3ccc(S(N)(=O)=O)cc3)c12. The predicted molar refractivity (Wildman–Crippen MR) is 148 cm³/mol. The Labute approximate surface area is 228 Å². The minimum absolute atomic E-state index is 0.0883. The first kappa shape index (κ1) is 26.2. The molecule has 0 aliphatic heterocycles. The number of aryl methyl sites for hydroxylation is 1. The molecule has 0 spiro atoms. The third kappa shape index (κ3) is 5.43. The zero-order valence-electron chi connectivity index (χ0n) is 20.9. The number of sulfonamides is 1. The monoisotopic (exact) mass is 561 g/mol. The number of carbonyl (C=O) groups excluding carboxylic acids is 2. The van der Waals surface area contributed by atoms with Crippen LogP contribution in [0.3, 0.4) is 0 Å². The third-order valence-corrected chi connectivity index (χ3v) is 7.73. The fraction of sp³-hybridized carbons (Fsp3) is 0.111. The quantitative estimate of drug-likeness (QED) is 0.282. The number of ether oxygens (including phenoxy) is 1. The molecule has 1 atom stereocenters. The van der Waals surface area contributed by atoms with E-state index in [9.17, 15) is 18.0 Å². The average molecular weight is 562 g/mol. The van der Waals surface area contributed by atoms with E-state index in [4.69, 9.17) is 14.9 Å². The molecule has 5 rings (SSSR count). The lowest BCUT2D eigenvalue weighted by Gasteiger charge is -2.15. The van der Waals surface area contributed by atoms with Gasteiger partial charge in [-0.15, -0.1) is 11.3 Å². The number of para-hydroxylation sites is 1. The fourth-order valence-corrected chi connectivity index (χ4v) is 5.20. The largest absolute Gasteiger partial charge is 0.449 e. The number of nitrogens with two attached hydrogens (primary N) is 1. The van der Waals surface area contributed by atoms with E-state index in [1.807, 2.05) is 47.8 Å². The number of primary sulfonamides is 1. The highest BCUT2D eigenvalue weighted by Crippen LogP contribution is 2.31. The number of nitrogens with one attached hydrogen (secondary N) is 1. The van der Waals surface area contributed by atoms with E-state index in [-0.39, 0.29) is 10.5 Å². The van der Waals surface area contributed by atoms with Crippen LogP contribution in [0.2, 0.25) is 0 Å². The van der Waals surface area contributed by atoms with Gasteiger partial charge in [-0.3, -0.25) is 4.79 Å². The van der Waals surface area contributed by atoms with Gasteiger partial charge in [0.05, 0.1) is 37.8 Å². The van der Waals surface area contributed by atoms with Crippen LogP contribution in [0.1, 0.15) is 23.0 Å². The first-order valence-electron chi connectivity index (χ1n) is 11.8. The zero-order chi connectivity index (χ0) is 27.7. The molecule has 3 aromatic heterocycles. The number of thiophene rings is 1. The van der Waals surface area contributed by atoms with Gasteiger partial charge in [0, 0.05) is 5.69 Å². The molecule has 3 heterocycles. The van der Waals surface area contributed by atoms with E-state index in [1.165, 1.54) is 42.5 Å². The number of amides is 1. The fourth-order valence-electron chi connectivity index (χ4n) is 4.00. The Balaban J connectivity index is 1.46. The van der Waals surface area contributed by atoms with Crippen molar-refractivity contribution >= 4 is 50.0 Å². The molecule has 5 aromatic rings. The maximum absolute atomic E-state index is 13.5. The molecule has 198 valence electrons. The number of fused-ring (bicyclic) bond motifs is 1. The van der Waals surface area contributed by atoms with Crippen molar-refractivity contribution in [1.82, 2.24) is 14.8 Å². The smallest absolute Gasteiger partial charge is 0.339 e. The lowest BCUT2D eigenvalue weighted by atomic mass is 10.1. The molecular formula is C27H23N5O5S2. The molecule has 1 amide bonds. The van der Waals surface area contributed by atoms with Gasteiger partial charge in [-0.2, -0.15) is 5.10 Å². The number of nitrogens with zero attached hydrogens (tertiary/aromatic N) is 3. The van der Waals surface area contributed by atoms with E-state index in [1.54, 1.807) is 17.7 Å². The molecule has 2 aromatic carbocycles. The first-order valence-corrected chi connectivity index (χ1v) is 14.2. The number of hydrogen-bond donors (Lipinski definition) is 2. The van der Waals surface area contributed by atoms with Gasteiger partial charge in [-0.1, -0.05) is 24.3 Å². The molecule has 0 saturated heterocycles. The van der Waals surface area contributed by atoms with Crippen LogP contribution in [0.5, 0.6) is 0 Å². The topological polar surface area (TPSA) is 146 Å². The Bertz CT molecular complexity index is 1780. The van der Waals surface area contributed by atoms with Crippen molar-refractivity contribution in [3.63, 3.8) is 0 Å². The summed E-state index contributed by atoms with van der Waals surface area (Å²) in [4.78, 5) is 31.8. The van der Waals surface area contributed by atoms with Crippen LogP contribution in [0.4, 0.5) is 5.69 Å². The minimum atomic E-state index is -3.86. The van der Waals surface area contributed by atoms with Crippen molar-refractivity contribution in [1.29, 1.82) is 0 Å². The number of carbonyl (C=O) groups is 2. The second-order valence-corrected chi connectivity index (χ2v) is 11.2. The number of hydrogen-bond acceptors (Lipinski definition) is 8. The summed E-state index contributed by atoms with van der Waals surface area (Å²) < 4.78 is 30.2. The van der Waals surface area contributed by atoms with Gasteiger partial charge < -0.3 is 10.1 Å². The molecule has 0 unspecified atom stereocenters. The molecule has 0 radical (unpaired) electrons. The Morgan fingerprint density at radius 2 is 1.77 bits per heavy atom. The summed E-state index contributed by atoms with van der Waals surface area (Å²) in [5.74, 6) is -1.30. The molecule has 12 heteroatoms. The van der Waals surface area contributed by atoms with Gasteiger partial charge in [0.1, 0.15) is 0 Å². The maximum Gasteiger partial charge on any atom is 0.339 e. The molecule has 0 aliphatic rings. The summed E-state index contributed by atoms with van der Waals surface area (Å²) in [5, 5.41) is 14.8. The highest BCUT2D eigenvalue weighted by atomic mass is 32.2. The van der Waals surface area contributed by atoms with Crippen LogP contribution in [-0.2, 0) is 19.6 Å². The van der Waals surface area contributed by atoms with Crippen molar-refractivity contribution in [3.8, 4) is 16.3 Å². The molecule has 0 bridgehead atoms. The van der Waals surface area contributed by atoms with Gasteiger partial charge >= 0.3 is 5.97 Å². The number of benzene rings is 2. The maximum atomic E-state index is 13.5. The molecule has 0 saturated carbocycles. The van der Waals surface area contributed by atoms with Crippen molar-refractivity contribution < 1.29 is 22.7 Å². The number of aromatic nitrogens is 3. The molecular weight excluding hydrogens is 538 g/mol. The molecule has 39 heavy (non-hydrogen) atoms. The van der Waals surface area contributed by atoms with Gasteiger partial charge in [-0.25, -0.2) is 28.0 Å². The second kappa shape index (κ2) is 10.4. The highest BCUT2D eigenvalue weighted by molar-refractivity contribution is 7.89. The van der Waals surface area contributed by atoms with Crippen LogP contribution >= 0.6 is 11.3 Å². The Kier molecular flexibility index (Phi) is 7.00. The van der Waals surface area contributed by atoms with Crippen LogP contribution in [0.25, 0.3) is 27.3 Å². The normalized spacial score (nSPS) is 12.3. The summed E-state index contributed by atoms with van der Waals surface area (Å²) >= 11 is 1.48. The van der Waals surface area contributed by atoms with Crippen molar-refractivity contribution in [2.24, 2.45) is 5.14 Å². The van der Waals surface area contributed by atoms with Crippen molar-refractivity contribution in [2.75, 3.05) is 5.32 Å². The van der Waals surface area contributed by atoms with Gasteiger partial charge in [0.15, 0.2) is 11.8 Å². The van der Waals surface area contributed by atoms with E-state index in [2.05, 4.69) is 10.4 Å². The van der Waals surface area contributed by atoms with E-state index >= 15 is 0 Å². The van der Waals surface area contributed by atoms with Crippen LogP contribution in [-0.4, -0.2) is 41.2 Å². The second-order valence-electron chi connectivity index (χ2n) is 8.67. The van der Waals surface area contributed by atoms with Crippen LogP contribution in [0, 0.1) is 6.92 Å². The van der Waals surface area contributed by atoms with E-state index < -0.39 is 28.0 Å². The van der Waals surface area contributed by atoms with Gasteiger partial charge in [0.2, 0.25) is 10.0 Å².